The van der Waals surface area contributed by atoms with Crippen LogP contribution in [0.4, 0.5) is 0 Å². The molecule has 1 rings (SSSR count). The average Bonchev–Trinajstić information content (AvgIpc) is 2.56. The summed E-state index contributed by atoms with van der Waals surface area (Å²) in [4.78, 5) is 16.7. The number of hydrogen-bond donors (Lipinski definition) is 0. The van der Waals surface area contributed by atoms with Crippen LogP contribution in [0.15, 0.2) is 35.4 Å². The molecule has 0 fully saturated rings. The van der Waals surface area contributed by atoms with Gasteiger partial charge in [-0.2, -0.15) is 0 Å². The zero-order valence-electron chi connectivity index (χ0n) is 14.0. The number of benzene rings is 1. The van der Waals surface area contributed by atoms with Crippen LogP contribution in [0, 0.1) is 6.92 Å². The van der Waals surface area contributed by atoms with Crippen molar-refractivity contribution in [1.82, 2.24) is 0 Å². The van der Waals surface area contributed by atoms with Crippen molar-refractivity contribution < 1.29 is 23.8 Å². The number of esters is 1. The van der Waals surface area contributed by atoms with E-state index in [1.54, 1.807) is 6.21 Å². The van der Waals surface area contributed by atoms with Crippen LogP contribution in [0.2, 0.25) is 0 Å². The molecule has 0 amide bonds. The molecular formula is C17H23NO5. The Balaban J connectivity index is 2.82. The summed E-state index contributed by atoms with van der Waals surface area (Å²) in [6, 6.07) is 5.71. The number of ether oxygens (including phenoxy) is 3. The van der Waals surface area contributed by atoms with Crippen LogP contribution in [0.3, 0.4) is 0 Å². The normalized spacial score (nSPS) is 11.4. The lowest BCUT2D eigenvalue weighted by Crippen LogP contribution is -2.12. The van der Waals surface area contributed by atoms with Crippen LogP contribution in [-0.2, 0) is 25.5 Å². The first-order valence-corrected chi connectivity index (χ1v) is 7.34. The molecule has 0 N–H and O–H groups in total. The molecule has 0 bridgehead atoms. The number of oxime groups is 1. The molecule has 0 saturated carbocycles. The SMILES string of the molecule is CCCON=CCc1ccc(C)c(OC(=COC)C(=O)OC)c1. The minimum atomic E-state index is -0.605. The monoisotopic (exact) mass is 321 g/mol. The largest absolute Gasteiger partial charge is 0.500 e. The Morgan fingerprint density at radius 1 is 1.30 bits per heavy atom. The number of carbonyl (C=O) groups excluding carboxylic acids is 1. The lowest BCUT2D eigenvalue weighted by Gasteiger charge is -2.11. The Hall–Kier alpha value is -2.50. The van der Waals surface area contributed by atoms with Gasteiger partial charge in [-0.3, -0.25) is 0 Å². The van der Waals surface area contributed by atoms with Gasteiger partial charge in [-0.05, 0) is 30.5 Å². The van der Waals surface area contributed by atoms with Gasteiger partial charge in [0.15, 0.2) is 0 Å². The molecule has 0 aliphatic heterocycles. The lowest BCUT2D eigenvalue weighted by molar-refractivity contribution is -0.138. The number of carbonyl (C=O) groups is 1. The number of aryl methyl sites for hydroxylation is 1. The van der Waals surface area contributed by atoms with Crippen LogP contribution in [0.5, 0.6) is 5.75 Å². The molecule has 0 aliphatic carbocycles. The van der Waals surface area contributed by atoms with E-state index in [1.807, 2.05) is 32.0 Å². The van der Waals surface area contributed by atoms with Crippen molar-refractivity contribution in [3.63, 3.8) is 0 Å². The second-order valence-electron chi connectivity index (χ2n) is 4.74. The van der Waals surface area contributed by atoms with Crippen molar-refractivity contribution in [2.24, 2.45) is 5.16 Å². The molecule has 6 heteroatoms. The number of nitrogens with zero attached hydrogens (tertiary/aromatic N) is 1. The number of rotatable bonds is 9. The van der Waals surface area contributed by atoms with Gasteiger partial charge in [0, 0.05) is 12.6 Å². The summed E-state index contributed by atoms with van der Waals surface area (Å²) in [5.41, 5.74) is 1.87. The maximum absolute atomic E-state index is 11.6. The maximum Gasteiger partial charge on any atom is 0.377 e. The highest BCUT2D eigenvalue weighted by molar-refractivity contribution is 5.86. The van der Waals surface area contributed by atoms with E-state index in [2.05, 4.69) is 9.89 Å². The highest BCUT2D eigenvalue weighted by Crippen LogP contribution is 2.22. The second-order valence-corrected chi connectivity index (χ2v) is 4.74. The summed E-state index contributed by atoms with van der Waals surface area (Å²) in [5.74, 6) is -0.0690. The molecule has 0 spiro atoms. The molecule has 1 aromatic carbocycles. The fourth-order valence-electron chi connectivity index (χ4n) is 1.66. The molecule has 0 unspecified atom stereocenters. The Morgan fingerprint density at radius 3 is 2.74 bits per heavy atom. The Morgan fingerprint density at radius 2 is 2.09 bits per heavy atom. The van der Waals surface area contributed by atoms with Crippen LogP contribution in [0.1, 0.15) is 24.5 Å². The predicted octanol–water partition coefficient (Wildman–Crippen LogP) is 2.99. The summed E-state index contributed by atoms with van der Waals surface area (Å²) in [7, 11) is 2.72. The van der Waals surface area contributed by atoms with E-state index < -0.39 is 5.97 Å². The van der Waals surface area contributed by atoms with Crippen LogP contribution >= 0.6 is 0 Å². The zero-order valence-corrected chi connectivity index (χ0v) is 14.0. The van der Waals surface area contributed by atoms with E-state index in [-0.39, 0.29) is 5.76 Å². The molecule has 0 radical (unpaired) electrons. The average molecular weight is 321 g/mol. The Kier molecular flexibility index (Phi) is 8.28. The molecule has 1 aromatic rings. The maximum atomic E-state index is 11.6. The van der Waals surface area contributed by atoms with Crippen molar-refractivity contribution >= 4 is 12.2 Å². The van der Waals surface area contributed by atoms with E-state index in [1.165, 1.54) is 20.5 Å². The lowest BCUT2D eigenvalue weighted by atomic mass is 10.1. The van der Waals surface area contributed by atoms with Crippen molar-refractivity contribution in [2.75, 3.05) is 20.8 Å². The van der Waals surface area contributed by atoms with Crippen molar-refractivity contribution in [1.29, 1.82) is 0 Å². The molecule has 0 atom stereocenters. The first kappa shape index (κ1) is 18.5. The third kappa shape index (κ3) is 6.42. The topological polar surface area (TPSA) is 66.3 Å². The van der Waals surface area contributed by atoms with E-state index >= 15 is 0 Å². The van der Waals surface area contributed by atoms with Gasteiger partial charge < -0.3 is 19.0 Å². The molecule has 126 valence electrons. The second kappa shape index (κ2) is 10.3. The van der Waals surface area contributed by atoms with Gasteiger partial charge in [0.2, 0.25) is 5.76 Å². The van der Waals surface area contributed by atoms with Crippen molar-refractivity contribution in [2.45, 2.75) is 26.7 Å². The standard InChI is InChI=1S/C17H23NO5/c1-5-10-22-18-9-8-14-7-6-13(2)15(11-14)23-16(12-20-3)17(19)21-4/h6-7,9,11-12H,5,8,10H2,1-4H3. The highest BCUT2D eigenvalue weighted by Gasteiger charge is 2.14. The van der Waals surface area contributed by atoms with E-state index in [4.69, 9.17) is 14.3 Å². The van der Waals surface area contributed by atoms with Crippen LogP contribution in [0.25, 0.3) is 0 Å². The summed E-state index contributed by atoms with van der Waals surface area (Å²) >= 11 is 0. The Labute approximate surface area is 136 Å². The third-order valence-corrected chi connectivity index (χ3v) is 2.86. The molecular weight excluding hydrogens is 298 g/mol. The van der Waals surface area contributed by atoms with Gasteiger partial charge in [0.1, 0.15) is 18.6 Å². The van der Waals surface area contributed by atoms with E-state index in [0.29, 0.717) is 18.8 Å². The fourth-order valence-corrected chi connectivity index (χ4v) is 1.66. The van der Waals surface area contributed by atoms with Gasteiger partial charge in [-0.25, -0.2) is 4.79 Å². The van der Waals surface area contributed by atoms with Gasteiger partial charge in [-0.15, -0.1) is 0 Å². The molecule has 0 aliphatic rings. The summed E-state index contributed by atoms with van der Waals surface area (Å²) < 4.78 is 15.1. The minimum Gasteiger partial charge on any atom is -0.500 e. The molecule has 0 heterocycles. The molecule has 6 nitrogen and oxygen atoms in total. The molecule has 23 heavy (non-hydrogen) atoms. The smallest absolute Gasteiger partial charge is 0.377 e. The predicted molar refractivity (Wildman–Crippen MR) is 87.4 cm³/mol. The van der Waals surface area contributed by atoms with Gasteiger partial charge in [-0.1, -0.05) is 24.2 Å². The van der Waals surface area contributed by atoms with Gasteiger partial charge >= 0.3 is 5.97 Å². The first-order chi connectivity index (χ1) is 11.1. The Bertz CT molecular complexity index is 566. The quantitative estimate of drug-likeness (QED) is 0.175. The van der Waals surface area contributed by atoms with Gasteiger partial charge in [0.25, 0.3) is 0 Å². The number of hydrogen-bond acceptors (Lipinski definition) is 6. The van der Waals surface area contributed by atoms with Crippen LogP contribution in [-0.4, -0.2) is 33.0 Å². The third-order valence-electron chi connectivity index (χ3n) is 2.86. The fraction of sp³-hybridized carbons (Fsp3) is 0.412. The number of methoxy groups -OCH3 is 2. The van der Waals surface area contributed by atoms with Crippen molar-refractivity contribution in [3.05, 3.63) is 41.3 Å². The summed E-state index contributed by atoms with van der Waals surface area (Å²) in [6.45, 7) is 4.51. The van der Waals surface area contributed by atoms with Gasteiger partial charge in [0.05, 0.1) is 14.2 Å². The van der Waals surface area contributed by atoms with Crippen molar-refractivity contribution in [3.8, 4) is 5.75 Å². The molecule has 0 aromatic heterocycles. The molecule has 0 saturated heterocycles. The first-order valence-electron chi connectivity index (χ1n) is 7.34. The minimum absolute atomic E-state index is 0.0183. The van der Waals surface area contributed by atoms with Crippen LogP contribution < -0.4 is 4.74 Å². The van der Waals surface area contributed by atoms with E-state index in [0.717, 1.165) is 17.5 Å². The highest BCUT2D eigenvalue weighted by atomic mass is 16.6. The van der Waals surface area contributed by atoms with E-state index in [9.17, 15) is 4.79 Å². The zero-order chi connectivity index (χ0) is 17.1. The summed E-state index contributed by atoms with van der Waals surface area (Å²) in [5, 5.41) is 3.87. The summed E-state index contributed by atoms with van der Waals surface area (Å²) in [6.07, 6.45) is 4.41.